The van der Waals surface area contributed by atoms with Gasteiger partial charge in [-0.15, -0.1) is 0 Å². The maximum atomic E-state index is 12.8. The summed E-state index contributed by atoms with van der Waals surface area (Å²) in [5.41, 5.74) is 16.1. The van der Waals surface area contributed by atoms with E-state index >= 15 is 0 Å². The van der Waals surface area contributed by atoms with Crippen molar-refractivity contribution < 1.29 is 29.1 Å². The number of carboxylic acid groups (broad SMARTS) is 1. The van der Waals surface area contributed by atoms with Gasteiger partial charge in [0.2, 0.25) is 23.6 Å². The number of aliphatic carboxylic acids is 1. The molecule has 0 aliphatic heterocycles. The van der Waals surface area contributed by atoms with Crippen molar-refractivity contribution in [1.82, 2.24) is 16.0 Å². The molecule has 0 fully saturated rings. The Morgan fingerprint density at radius 1 is 0.875 bits per heavy atom. The molecule has 0 radical (unpaired) electrons. The Morgan fingerprint density at radius 2 is 1.41 bits per heavy atom. The number of thioether (sulfide) groups is 1. The third kappa shape index (κ3) is 12.5. The van der Waals surface area contributed by atoms with E-state index in [1.807, 2.05) is 6.26 Å². The van der Waals surface area contributed by atoms with Crippen molar-refractivity contribution >= 4 is 41.4 Å². The van der Waals surface area contributed by atoms with Crippen LogP contribution in [0.3, 0.4) is 0 Å². The number of carbonyl (C=O) groups excluding carboxylic acids is 4. The summed E-state index contributed by atoms with van der Waals surface area (Å²) in [7, 11) is 0. The summed E-state index contributed by atoms with van der Waals surface area (Å²) >= 11 is 1.44. The molecular formula is C19H36N6O6S. The number of unbranched alkanes of at least 4 members (excludes halogenated alkanes) is 1. The number of carbonyl (C=O) groups is 5. The number of primary amides is 1. The Labute approximate surface area is 192 Å². The van der Waals surface area contributed by atoms with E-state index in [1.54, 1.807) is 0 Å². The number of hydrogen-bond acceptors (Lipinski definition) is 8. The zero-order valence-corrected chi connectivity index (χ0v) is 19.4. The van der Waals surface area contributed by atoms with Crippen LogP contribution in [0.4, 0.5) is 0 Å². The molecule has 0 aromatic heterocycles. The second kappa shape index (κ2) is 16.3. The summed E-state index contributed by atoms with van der Waals surface area (Å²) in [6, 6.07) is -4.11. The Balaban J connectivity index is 5.35. The standard InChI is InChI=1S/C19H36N6O6S/c1-11(21)16(27)23-12(5-3-4-9-20)17(28)24-13(8-10-32-2)18(29)25-14(19(30)31)6-7-15(22)26/h11-14H,3-10,20-21H2,1-2H3,(H2,22,26)(H,23,27)(H,24,28)(H,25,29)(H,30,31). The van der Waals surface area contributed by atoms with Crippen LogP contribution in [-0.4, -0.2) is 77.4 Å². The van der Waals surface area contributed by atoms with Crippen molar-refractivity contribution in [3.8, 4) is 0 Å². The molecule has 0 aromatic rings. The largest absolute Gasteiger partial charge is 0.480 e. The van der Waals surface area contributed by atoms with Gasteiger partial charge in [-0.2, -0.15) is 11.8 Å². The minimum absolute atomic E-state index is 0.175. The zero-order valence-electron chi connectivity index (χ0n) is 18.6. The third-order valence-electron chi connectivity index (χ3n) is 4.53. The first-order valence-corrected chi connectivity index (χ1v) is 11.8. The fourth-order valence-electron chi connectivity index (χ4n) is 2.66. The molecule has 0 aliphatic carbocycles. The van der Waals surface area contributed by atoms with Crippen LogP contribution >= 0.6 is 11.8 Å². The molecule has 0 saturated heterocycles. The monoisotopic (exact) mass is 476 g/mol. The van der Waals surface area contributed by atoms with E-state index in [0.29, 0.717) is 31.6 Å². The predicted octanol–water partition coefficient (Wildman–Crippen LogP) is -1.98. The average Bonchev–Trinajstić information content (AvgIpc) is 2.72. The lowest BCUT2D eigenvalue weighted by Crippen LogP contribution is -2.57. The first-order valence-electron chi connectivity index (χ1n) is 10.4. The second-order valence-corrected chi connectivity index (χ2v) is 8.37. The molecule has 12 nitrogen and oxygen atoms in total. The molecule has 0 heterocycles. The molecule has 0 aliphatic rings. The summed E-state index contributed by atoms with van der Waals surface area (Å²) in [6.45, 7) is 1.91. The lowest BCUT2D eigenvalue weighted by Gasteiger charge is -2.25. The number of nitrogens with one attached hydrogen (secondary N) is 3. The normalized spacial score (nSPS) is 14.5. The van der Waals surface area contributed by atoms with Gasteiger partial charge in [0.15, 0.2) is 0 Å². The fourth-order valence-corrected chi connectivity index (χ4v) is 3.13. The van der Waals surface area contributed by atoms with Crippen LogP contribution in [0.2, 0.25) is 0 Å². The van der Waals surface area contributed by atoms with Gasteiger partial charge < -0.3 is 38.3 Å². The van der Waals surface area contributed by atoms with Crippen LogP contribution < -0.4 is 33.2 Å². The van der Waals surface area contributed by atoms with Crippen LogP contribution in [0.1, 0.15) is 45.4 Å². The minimum Gasteiger partial charge on any atom is -0.480 e. The highest BCUT2D eigenvalue weighted by molar-refractivity contribution is 7.98. The first-order chi connectivity index (χ1) is 15.0. The van der Waals surface area contributed by atoms with Gasteiger partial charge in [-0.25, -0.2) is 4.79 Å². The second-order valence-electron chi connectivity index (χ2n) is 7.38. The van der Waals surface area contributed by atoms with E-state index < -0.39 is 53.8 Å². The lowest BCUT2D eigenvalue weighted by atomic mass is 10.1. The summed E-state index contributed by atoms with van der Waals surface area (Å²) in [5, 5.41) is 16.8. The summed E-state index contributed by atoms with van der Waals surface area (Å²) in [6.07, 6.45) is 3.18. The quantitative estimate of drug-likeness (QED) is 0.115. The van der Waals surface area contributed by atoms with E-state index in [1.165, 1.54) is 18.7 Å². The Hall–Kier alpha value is -2.38. The summed E-state index contributed by atoms with van der Waals surface area (Å²) in [4.78, 5) is 59.9. The number of rotatable bonds is 17. The highest BCUT2D eigenvalue weighted by Crippen LogP contribution is 2.07. The highest BCUT2D eigenvalue weighted by Gasteiger charge is 2.29. The van der Waals surface area contributed by atoms with Gasteiger partial charge in [0, 0.05) is 6.42 Å². The Kier molecular flexibility index (Phi) is 15.1. The van der Waals surface area contributed by atoms with Gasteiger partial charge >= 0.3 is 5.97 Å². The molecule has 13 heteroatoms. The molecule has 0 spiro atoms. The van der Waals surface area contributed by atoms with Crippen molar-refractivity contribution in [1.29, 1.82) is 0 Å². The molecule has 4 amide bonds. The number of amides is 4. The summed E-state index contributed by atoms with van der Waals surface area (Å²) < 4.78 is 0. The van der Waals surface area contributed by atoms with Crippen molar-refractivity contribution in [2.24, 2.45) is 17.2 Å². The van der Waals surface area contributed by atoms with E-state index in [2.05, 4.69) is 16.0 Å². The lowest BCUT2D eigenvalue weighted by molar-refractivity contribution is -0.142. The zero-order chi connectivity index (χ0) is 24.7. The molecule has 0 rings (SSSR count). The van der Waals surface area contributed by atoms with Crippen molar-refractivity contribution in [2.75, 3.05) is 18.6 Å². The van der Waals surface area contributed by atoms with Crippen LogP contribution in [0, 0.1) is 0 Å². The molecule has 184 valence electrons. The number of nitrogens with two attached hydrogens (primary N) is 3. The third-order valence-corrected chi connectivity index (χ3v) is 5.18. The van der Waals surface area contributed by atoms with Gasteiger partial charge in [0.1, 0.15) is 18.1 Å². The van der Waals surface area contributed by atoms with Gasteiger partial charge in [0.05, 0.1) is 6.04 Å². The molecule has 32 heavy (non-hydrogen) atoms. The molecule has 10 N–H and O–H groups in total. The van der Waals surface area contributed by atoms with Gasteiger partial charge in [-0.3, -0.25) is 19.2 Å². The molecule has 0 aromatic carbocycles. The molecular weight excluding hydrogens is 440 g/mol. The van der Waals surface area contributed by atoms with E-state index in [0.717, 1.165) is 0 Å². The van der Waals surface area contributed by atoms with Crippen LogP contribution in [0.5, 0.6) is 0 Å². The van der Waals surface area contributed by atoms with Crippen LogP contribution in [0.25, 0.3) is 0 Å². The van der Waals surface area contributed by atoms with Crippen molar-refractivity contribution in [3.05, 3.63) is 0 Å². The first kappa shape index (κ1) is 29.6. The Bertz CT molecular complexity index is 648. The van der Waals surface area contributed by atoms with Crippen LogP contribution in [-0.2, 0) is 24.0 Å². The van der Waals surface area contributed by atoms with Gasteiger partial charge in [-0.1, -0.05) is 0 Å². The topological polar surface area (TPSA) is 220 Å². The maximum absolute atomic E-state index is 12.8. The van der Waals surface area contributed by atoms with Gasteiger partial charge in [0.25, 0.3) is 0 Å². The fraction of sp³-hybridized carbons (Fsp3) is 0.737. The summed E-state index contributed by atoms with van der Waals surface area (Å²) in [5.74, 6) is -3.30. The van der Waals surface area contributed by atoms with Crippen LogP contribution in [0.15, 0.2) is 0 Å². The van der Waals surface area contributed by atoms with Crippen molar-refractivity contribution in [2.45, 2.75) is 69.6 Å². The molecule has 0 saturated carbocycles. The smallest absolute Gasteiger partial charge is 0.326 e. The molecule has 4 unspecified atom stereocenters. The van der Waals surface area contributed by atoms with E-state index in [9.17, 15) is 29.1 Å². The maximum Gasteiger partial charge on any atom is 0.326 e. The minimum atomic E-state index is -1.33. The number of hydrogen-bond donors (Lipinski definition) is 7. The number of carboxylic acids is 1. The molecule has 0 bridgehead atoms. The average molecular weight is 477 g/mol. The van der Waals surface area contributed by atoms with Gasteiger partial charge in [-0.05, 0) is 57.6 Å². The SMILES string of the molecule is CSCCC(NC(=O)C(CCCCN)NC(=O)C(C)N)C(=O)NC(CCC(N)=O)C(=O)O. The predicted molar refractivity (Wildman–Crippen MR) is 121 cm³/mol. The van der Waals surface area contributed by atoms with E-state index in [-0.39, 0.29) is 19.3 Å². The molecule has 4 atom stereocenters. The van der Waals surface area contributed by atoms with E-state index in [4.69, 9.17) is 17.2 Å². The van der Waals surface area contributed by atoms with Crippen molar-refractivity contribution in [3.63, 3.8) is 0 Å². The Morgan fingerprint density at radius 3 is 1.88 bits per heavy atom. The highest BCUT2D eigenvalue weighted by atomic mass is 32.2.